The predicted molar refractivity (Wildman–Crippen MR) is 96.0 cm³/mol. The molecule has 1 aromatic heterocycles. The third kappa shape index (κ3) is 3.69. The van der Waals surface area contributed by atoms with Gasteiger partial charge in [0, 0.05) is 10.4 Å². The standard InChI is InChI=1S/C20H19NOS/c1-14-8-10-16(11-9-14)19(18-7-4-12-23-18)21-20(22)17-6-3-5-15(2)13-17/h3-13,19H,1-2H3,(H,21,22)/t19-/m0/s1. The van der Waals surface area contributed by atoms with E-state index in [0.29, 0.717) is 5.56 Å². The van der Waals surface area contributed by atoms with Gasteiger partial charge in [0.25, 0.3) is 5.91 Å². The number of aryl methyl sites for hydroxylation is 2. The van der Waals surface area contributed by atoms with Gasteiger partial charge in [-0.15, -0.1) is 11.3 Å². The molecular weight excluding hydrogens is 302 g/mol. The Morgan fingerprint density at radius 1 is 0.957 bits per heavy atom. The number of benzene rings is 2. The van der Waals surface area contributed by atoms with Gasteiger partial charge in [0.1, 0.15) is 0 Å². The van der Waals surface area contributed by atoms with Gasteiger partial charge in [0.05, 0.1) is 6.04 Å². The normalized spacial score (nSPS) is 11.9. The first-order valence-corrected chi connectivity index (χ1v) is 8.49. The zero-order chi connectivity index (χ0) is 16.2. The Hall–Kier alpha value is -2.39. The van der Waals surface area contributed by atoms with Gasteiger partial charge in [-0.3, -0.25) is 4.79 Å². The van der Waals surface area contributed by atoms with Gasteiger partial charge in [0.15, 0.2) is 0 Å². The molecule has 2 nitrogen and oxygen atoms in total. The Balaban J connectivity index is 1.90. The predicted octanol–water partition coefficient (Wildman–Crippen LogP) is 4.88. The summed E-state index contributed by atoms with van der Waals surface area (Å²) in [7, 11) is 0. The molecule has 1 atom stereocenters. The summed E-state index contributed by atoms with van der Waals surface area (Å²) >= 11 is 1.66. The van der Waals surface area contributed by atoms with E-state index >= 15 is 0 Å². The van der Waals surface area contributed by atoms with E-state index in [-0.39, 0.29) is 11.9 Å². The van der Waals surface area contributed by atoms with Crippen LogP contribution in [-0.4, -0.2) is 5.91 Å². The Labute approximate surface area is 140 Å². The maximum absolute atomic E-state index is 12.6. The zero-order valence-corrected chi connectivity index (χ0v) is 14.1. The minimum absolute atomic E-state index is 0.0484. The molecule has 0 saturated heterocycles. The van der Waals surface area contributed by atoms with Gasteiger partial charge in [-0.2, -0.15) is 0 Å². The van der Waals surface area contributed by atoms with Crippen LogP contribution in [0.5, 0.6) is 0 Å². The lowest BCUT2D eigenvalue weighted by atomic mass is 10.0. The van der Waals surface area contributed by atoms with Gasteiger partial charge in [-0.1, -0.05) is 53.6 Å². The summed E-state index contributed by atoms with van der Waals surface area (Å²) in [6.07, 6.45) is 0. The minimum atomic E-state index is -0.122. The summed E-state index contributed by atoms with van der Waals surface area (Å²) < 4.78 is 0. The van der Waals surface area contributed by atoms with Crippen LogP contribution in [0.4, 0.5) is 0 Å². The molecule has 0 spiro atoms. The SMILES string of the molecule is Cc1ccc([C@H](NC(=O)c2cccc(C)c2)c2cccs2)cc1. The topological polar surface area (TPSA) is 29.1 Å². The van der Waals surface area contributed by atoms with Gasteiger partial charge in [0.2, 0.25) is 0 Å². The van der Waals surface area contributed by atoms with Crippen LogP contribution in [0.15, 0.2) is 66.0 Å². The van der Waals surface area contributed by atoms with Crippen LogP contribution < -0.4 is 5.32 Å². The summed E-state index contributed by atoms with van der Waals surface area (Å²) in [4.78, 5) is 13.8. The van der Waals surface area contributed by atoms with Crippen molar-refractivity contribution in [3.05, 3.63) is 93.2 Å². The first-order valence-electron chi connectivity index (χ1n) is 7.61. The van der Waals surface area contributed by atoms with Crippen LogP contribution in [0, 0.1) is 13.8 Å². The molecule has 3 heteroatoms. The Kier molecular flexibility index (Phi) is 4.58. The Morgan fingerprint density at radius 3 is 2.39 bits per heavy atom. The quantitative estimate of drug-likeness (QED) is 0.728. The van der Waals surface area contributed by atoms with E-state index < -0.39 is 0 Å². The molecule has 23 heavy (non-hydrogen) atoms. The molecule has 3 aromatic rings. The molecule has 0 radical (unpaired) electrons. The molecular formula is C20H19NOS. The van der Waals surface area contributed by atoms with Crippen molar-refractivity contribution >= 4 is 17.2 Å². The number of carbonyl (C=O) groups is 1. The number of thiophene rings is 1. The molecule has 0 bridgehead atoms. The van der Waals surface area contributed by atoms with Crippen molar-refractivity contribution in [2.75, 3.05) is 0 Å². The van der Waals surface area contributed by atoms with E-state index in [1.807, 2.05) is 42.6 Å². The average Bonchev–Trinajstić information content (AvgIpc) is 3.07. The number of nitrogens with one attached hydrogen (secondary N) is 1. The molecule has 0 fully saturated rings. The highest BCUT2D eigenvalue weighted by molar-refractivity contribution is 7.10. The minimum Gasteiger partial charge on any atom is -0.340 e. The van der Waals surface area contributed by atoms with E-state index in [4.69, 9.17) is 0 Å². The van der Waals surface area contributed by atoms with Crippen molar-refractivity contribution in [3.8, 4) is 0 Å². The second-order valence-electron chi connectivity index (χ2n) is 5.70. The van der Waals surface area contributed by atoms with Crippen molar-refractivity contribution in [2.45, 2.75) is 19.9 Å². The third-order valence-corrected chi connectivity index (χ3v) is 4.73. The van der Waals surface area contributed by atoms with Crippen molar-refractivity contribution in [1.29, 1.82) is 0 Å². The molecule has 0 aliphatic rings. The molecule has 0 unspecified atom stereocenters. The van der Waals surface area contributed by atoms with Gasteiger partial charge < -0.3 is 5.32 Å². The van der Waals surface area contributed by atoms with E-state index in [1.54, 1.807) is 11.3 Å². The van der Waals surface area contributed by atoms with Crippen molar-refractivity contribution in [2.24, 2.45) is 0 Å². The molecule has 0 aliphatic heterocycles. The highest BCUT2D eigenvalue weighted by atomic mass is 32.1. The van der Waals surface area contributed by atoms with Crippen LogP contribution in [0.1, 0.15) is 38.0 Å². The summed E-state index contributed by atoms with van der Waals surface area (Å²) in [5, 5.41) is 5.21. The number of carbonyl (C=O) groups excluding carboxylic acids is 1. The molecule has 0 saturated carbocycles. The first-order chi connectivity index (χ1) is 11.1. The Morgan fingerprint density at radius 2 is 1.74 bits per heavy atom. The van der Waals surface area contributed by atoms with E-state index in [2.05, 4.69) is 42.6 Å². The van der Waals surface area contributed by atoms with Crippen LogP contribution in [0.2, 0.25) is 0 Å². The van der Waals surface area contributed by atoms with Crippen LogP contribution in [-0.2, 0) is 0 Å². The highest BCUT2D eigenvalue weighted by Gasteiger charge is 2.18. The Bertz CT molecular complexity index is 791. The zero-order valence-electron chi connectivity index (χ0n) is 13.2. The third-order valence-electron chi connectivity index (χ3n) is 3.79. The van der Waals surface area contributed by atoms with Crippen LogP contribution in [0.25, 0.3) is 0 Å². The van der Waals surface area contributed by atoms with Crippen molar-refractivity contribution in [3.63, 3.8) is 0 Å². The van der Waals surface area contributed by atoms with Gasteiger partial charge in [-0.05, 0) is 43.0 Å². The highest BCUT2D eigenvalue weighted by Crippen LogP contribution is 2.26. The summed E-state index contributed by atoms with van der Waals surface area (Å²) in [5.41, 5.74) is 4.09. The monoisotopic (exact) mass is 321 g/mol. The molecule has 3 rings (SSSR count). The smallest absolute Gasteiger partial charge is 0.252 e. The lowest BCUT2D eigenvalue weighted by Gasteiger charge is -2.18. The second-order valence-corrected chi connectivity index (χ2v) is 6.68. The maximum atomic E-state index is 12.6. The summed E-state index contributed by atoms with van der Waals surface area (Å²) in [6.45, 7) is 4.06. The largest absolute Gasteiger partial charge is 0.340 e. The fourth-order valence-electron chi connectivity index (χ4n) is 2.53. The maximum Gasteiger partial charge on any atom is 0.252 e. The lowest BCUT2D eigenvalue weighted by molar-refractivity contribution is 0.0943. The average molecular weight is 321 g/mol. The van der Waals surface area contributed by atoms with Gasteiger partial charge >= 0.3 is 0 Å². The van der Waals surface area contributed by atoms with Crippen LogP contribution >= 0.6 is 11.3 Å². The van der Waals surface area contributed by atoms with E-state index in [1.165, 1.54) is 5.56 Å². The molecule has 2 aromatic carbocycles. The van der Waals surface area contributed by atoms with Crippen LogP contribution in [0.3, 0.4) is 0 Å². The van der Waals surface area contributed by atoms with Crippen molar-refractivity contribution in [1.82, 2.24) is 5.32 Å². The molecule has 1 heterocycles. The fourth-order valence-corrected chi connectivity index (χ4v) is 3.34. The number of hydrogen-bond donors (Lipinski definition) is 1. The molecule has 1 amide bonds. The number of rotatable bonds is 4. The van der Waals surface area contributed by atoms with Gasteiger partial charge in [-0.25, -0.2) is 0 Å². The first kappa shape index (κ1) is 15.5. The molecule has 116 valence electrons. The second kappa shape index (κ2) is 6.80. The fraction of sp³-hybridized carbons (Fsp3) is 0.150. The number of hydrogen-bond acceptors (Lipinski definition) is 2. The molecule has 1 N–H and O–H groups in total. The summed E-state index contributed by atoms with van der Waals surface area (Å²) in [6, 6.07) is 19.9. The van der Waals surface area contributed by atoms with E-state index in [9.17, 15) is 4.79 Å². The summed E-state index contributed by atoms with van der Waals surface area (Å²) in [5.74, 6) is -0.0484. The van der Waals surface area contributed by atoms with Crippen molar-refractivity contribution < 1.29 is 4.79 Å². The molecule has 0 aliphatic carbocycles. The number of amides is 1. The lowest BCUT2D eigenvalue weighted by Crippen LogP contribution is -2.28. The van der Waals surface area contributed by atoms with E-state index in [0.717, 1.165) is 16.0 Å².